The molecule has 0 aliphatic carbocycles. The Bertz CT molecular complexity index is 1540. The second kappa shape index (κ2) is 9.25. The van der Waals surface area contributed by atoms with Gasteiger partial charge in [-0.05, 0) is 60.2 Å². The van der Waals surface area contributed by atoms with Crippen molar-refractivity contribution >= 4 is 49.3 Å². The predicted molar refractivity (Wildman–Crippen MR) is 134 cm³/mol. The van der Waals surface area contributed by atoms with Crippen LogP contribution in [-0.4, -0.2) is 29.7 Å². The number of nitrogens with zero attached hydrogens (tertiary/aromatic N) is 2. The minimum absolute atomic E-state index is 0.0758. The van der Waals surface area contributed by atoms with E-state index in [1.54, 1.807) is 11.5 Å². The maximum Gasteiger partial charge on any atom is 0.274 e. The highest BCUT2D eigenvalue weighted by Gasteiger charge is 2.11. The van der Waals surface area contributed by atoms with E-state index < -0.39 is 0 Å². The van der Waals surface area contributed by atoms with Gasteiger partial charge in [-0.1, -0.05) is 45.5 Å². The van der Waals surface area contributed by atoms with Gasteiger partial charge in [0, 0.05) is 4.47 Å². The number of benzene rings is 3. The first kappa shape index (κ1) is 21.5. The van der Waals surface area contributed by atoms with Crippen LogP contribution in [0.15, 0.2) is 76.0 Å². The third-order valence-electron chi connectivity index (χ3n) is 5.05. The summed E-state index contributed by atoms with van der Waals surface area (Å²) in [6.07, 6.45) is 1.85. The topological polar surface area (TPSA) is 62.1 Å². The molecule has 2 aromatic heterocycles. The molecule has 0 amide bonds. The van der Waals surface area contributed by atoms with E-state index in [0.29, 0.717) is 34.2 Å². The zero-order valence-corrected chi connectivity index (χ0v) is 20.1. The van der Waals surface area contributed by atoms with Gasteiger partial charge in [-0.25, -0.2) is 9.38 Å². The molecule has 33 heavy (non-hydrogen) atoms. The van der Waals surface area contributed by atoms with Gasteiger partial charge in [0.15, 0.2) is 16.5 Å². The number of hydrogen-bond acceptors (Lipinski definition) is 6. The number of hydrogen-bond donors (Lipinski definition) is 0. The van der Waals surface area contributed by atoms with Gasteiger partial charge in [0.05, 0.1) is 22.7 Å². The minimum atomic E-state index is -0.0758. The van der Waals surface area contributed by atoms with E-state index in [9.17, 15) is 4.79 Å². The zero-order valence-electron chi connectivity index (χ0n) is 17.7. The first-order valence-electron chi connectivity index (χ1n) is 10.2. The fourth-order valence-electron chi connectivity index (χ4n) is 3.50. The molecule has 5 aromatic rings. The summed E-state index contributed by atoms with van der Waals surface area (Å²) in [5, 5.41) is 0. The summed E-state index contributed by atoms with van der Waals surface area (Å²) in [5.41, 5.74) is 2.41. The molecule has 6 nitrogen and oxygen atoms in total. The predicted octanol–water partition coefficient (Wildman–Crippen LogP) is 4.69. The van der Waals surface area contributed by atoms with Crippen LogP contribution in [0, 0.1) is 0 Å². The Hall–Kier alpha value is -3.36. The van der Waals surface area contributed by atoms with Gasteiger partial charge < -0.3 is 14.2 Å². The van der Waals surface area contributed by atoms with Crippen LogP contribution >= 0.6 is 27.3 Å². The molecule has 0 aliphatic heterocycles. The standard InChI is InChI=1S/C25H19BrN2O4S/c1-30-22-14-16(6-11-21(22)32-13-12-31-18-9-7-17(26)8-10-18)15-23-24(29)28-20-5-3-2-4-19(20)27-25(28)33-23/h2-11,14-15H,12-13H2,1H3/b23-15-. The Morgan fingerprint density at radius 3 is 2.61 bits per heavy atom. The molecule has 0 spiro atoms. The quantitative estimate of drug-likeness (QED) is 0.290. The van der Waals surface area contributed by atoms with E-state index >= 15 is 0 Å². The van der Waals surface area contributed by atoms with Gasteiger partial charge in [-0.2, -0.15) is 0 Å². The average Bonchev–Trinajstić information content (AvgIpc) is 3.34. The van der Waals surface area contributed by atoms with E-state index in [0.717, 1.165) is 26.8 Å². The van der Waals surface area contributed by atoms with E-state index in [2.05, 4.69) is 20.9 Å². The molecule has 0 saturated carbocycles. The molecule has 0 N–H and O–H groups in total. The molecule has 0 bridgehead atoms. The van der Waals surface area contributed by atoms with Crippen molar-refractivity contribution in [3.8, 4) is 17.2 Å². The maximum atomic E-state index is 13.0. The molecule has 8 heteroatoms. The van der Waals surface area contributed by atoms with Gasteiger partial charge in [-0.3, -0.25) is 4.79 Å². The van der Waals surface area contributed by atoms with Crippen molar-refractivity contribution in [2.24, 2.45) is 0 Å². The Morgan fingerprint density at radius 2 is 1.79 bits per heavy atom. The number of fused-ring (bicyclic) bond motifs is 3. The number of aromatic nitrogens is 2. The minimum Gasteiger partial charge on any atom is -0.493 e. The number of imidazole rings is 1. The third kappa shape index (κ3) is 4.44. The highest BCUT2D eigenvalue weighted by atomic mass is 79.9. The van der Waals surface area contributed by atoms with Crippen molar-refractivity contribution in [3.63, 3.8) is 0 Å². The van der Waals surface area contributed by atoms with Crippen molar-refractivity contribution < 1.29 is 14.2 Å². The number of rotatable bonds is 7. The third-order valence-corrected chi connectivity index (χ3v) is 6.55. The Labute approximate surface area is 201 Å². The van der Waals surface area contributed by atoms with Crippen LogP contribution in [0.1, 0.15) is 5.56 Å². The van der Waals surface area contributed by atoms with Crippen molar-refractivity contribution in [3.05, 3.63) is 91.7 Å². The normalized spacial score (nSPS) is 11.9. The van der Waals surface area contributed by atoms with Crippen LogP contribution in [0.4, 0.5) is 0 Å². The summed E-state index contributed by atoms with van der Waals surface area (Å²) in [7, 11) is 1.59. The SMILES string of the molecule is COc1cc(/C=c2\sc3nc4ccccc4n3c2=O)ccc1OCCOc1ccc(Br)cc1. The van der Waals surface area contributed by atoms with Gasteiger partial charge >= 0.3 is 0 Å². The van der Waals surface area contributed by atoms with E-state index in [4.69, 9.17) is 14.2 Å². The summed E-state index contributed by atoms with van der Waals surface area (Å²) >= 11 is 4.77. The Kier molecular flexibility index (Phi) is 6.02. The largest absolute Gasteiger partial charge is 0.493 e. The van der Waals surface area contributed by atoms with Gasteiger partial charge in [0.2, 0.25) is 0 Å². The molecule has 0 aliphatic rings. The van der Waals surface area contributed by atoms with Crippen molar-refractivity contribution in [1.82, 2.24) is 9.38 Å². The number of halogens is 1. The molecular weight excluding hydrogens is 504 g/mol. The smallest absolute Gasteiger partial charge is 0.274 e. The lowest BCUT2D eigenvalue weighted by atomic mass is 10.2. The summed E-state index contributed by atoms with van der Waals surface area (Å²) in [4.78, 5) is 18.2. The van der Waals surface area contributed by atoms with Gasteiger partial charge in [0.25, 0.3) is 5.56 Å². The summed E-state index contributed by atoms with van der Waals surface area (Å²) in [6, 6.07) is 20.9. The fraction of sp³-hybridized carbons (Fsp3) is 0.120. The van der Waals surface area contributed by atoms with E-state index in [1.165, 1.54) is 11.3 Å². The molecule has 0 fully saturated rings. The first-order valence-corrected chi connectivity index (χ1v) is 11.8. The van der Waals surface area contributed by atoms with Crippen LogP contribution in [0.5, 0.6) is 17.2 Å². The highest BCUT2D eigenvalue weighted by Crippen LogP contribution is 2.28. The summed E-state index contributed by atoms with van der Waals surface area (Å²) < 4.78 is 20.3. The molecule has 2 heterocycles. The number of methoxy groups -OCH3 is 1. The zero-order chi connectivity index (χ0) is 22.8. The van der Waals surface area contributed by atoms with Crippen LogP contribution in [-0.2, 0) is 0 Å². The lowest BCUT2D eigenvalue weighted by molar-refractivity contribution is 0.211. The van der Waals surface area contributed by atoms with Crippen LogP contribution in [0.3, 0.4) is 0 Å². The number of ether oxygens (including phenoxy) is 3. The van der Waals surface area contributed by atoms with Crippen LogP contribution in [0.25, 0.3) is 22.1 Å². The molecule has 0 saturated heterocycles. The number of para-hydroxylation sites is 2. The Balaban J connectivity index is 1.33. The fourth-order valence-corrected chi connectivity index (χ4v) is 4.75. The average molecular weight is 523 g/mol. The van der Waals surface area contributed by atoms with E-state index in [1.807, 2.05) is 72.8 Å². The van der Waals surface area contributed by atoms with Crippen LogP contribution in [0.2, 0.25) is 0 Å². The molecule has 3 aromatic carbocycles. The first-order chi connectivity index (χ1) is 16.1. The summed E-state index contributed by atoms with van der Waals surface area (Å²) in [6.45, 7) is 0.774. The molecule has 166 valence electrons. The summed E-state index contributed by atoms with van der Waals surface area (Å²) in [5.74, 6) is 1.98. The van der Waals surface area contributed by atoms with E-state index in [-0.39, 0.29) is 5.56 Å². The lowest BCUT2D eigenvalue weighted by Gasteiger charge is -2.12. The second-order valence-corrected chi connectivity index (χ2v) is 9.12. The molecule has 5 rings (SSSR count). The monoisotopic (exact) mass is 522 g/mol. The van der Waals surface area contributed by atoms with Gasteiger partial charge in [0.1, 0.15) is 19.0 Å². The maximum absolute atomic E-state index is 13.0. The van der Waals surface area contributed by atoms with Crippen LogP contribution < -0.4 is 24.3 Å². The van der Waals surface area contributed by atoms with Gasteiger partial charge in [-0.15, -0.1) is 0 Å². The molecular formula is C25H19BrN2O4S. The molecule has 0 atom stereocenters. The lowest BCUT2D eigenvalue weighted by Crippen LogP contribution is -2.22. The number of thiazole rings is 1. The van der Waals surface area contributed by atoms with Crippen molar-refractivity contribution in [2.75, 3.05) is 20.3 Å². The Morgan fingerprint density at radius 1 is 1.00 bits per heavy atom. The van der Waals surface area contributed by atoms with Crippen molar-refractivity contribution in [1.29, 1.82) is 0 Å². The molecule has 0 radical (unpaired) electrons. The second-order valence-electron chi connectivity index (χ2n) is 7.20. The highest BCUT2D eigenvalue weighted by molar-refractivity contribution is 9.10. The molecule has 0 unspecified atom stereocenters. The van der Waals surface area contributed by atoms with Crippen molar-refractivity contribution in [2.45, 2.75) is 0 Å².